The Hall–Kier alpha value is -2.16. The van der Waals surface area contributed by atoms with E-state index in [-0.39, 0.29) is 59.4 Å². The molecule has 0 spiro atoms. The predicted molar refractivity (Wildman–Crippen MR) is 149 cm³/mol. The van der Waals surface area contributed by atoms with E-state index in [0.717, 1.165) is 38.2 Å². The van der Waals surface area contributed by atoms with Gasteiger partial charge >= 0.3 is 0 Å². The lowest BCUT2D eigenvalue weighted by Crippen LogP contribution is -2.47. The Bertz CT molecular complexity index is 1140. The highest BCUT2D eigenvalue weighted by atomic mass is 19.3. The van der Waals surface area contributed by atoms with E-state index in [2.05, 4.69) is 31.0 Å². The number of hydrogen-bond acceptors (Lipinski definition) is 3. The van der Waals surface area contributed by atoms with Crippen LogP contribution >= 0.6 is 0 Å². The molecule has 2 saturated heterocycles. The van der Waals surface area contributed by atoms with E-state index >= 15 is 0 Å². The van der Waals surface area contributed by atoms with Gasteiger partial charge in [0.15, 0.2) is 0 Å². The van der Waals surface area contributed by atoms with E-state index in [1.165, 1.54) is 19.1 Å². The Labute approximate surface area is 241 Å². The molecule has 0 aromatic heterocycles. The zero-order chi connectivity index (χ0) is 29.7. The fraction of sp³-hybridized carbons (Fsp3) is 0.750. The van der Waals surface area contributed by atoms with Crippen molar-refractivity contribution in [2.75, 3.05) is 26.2 Å². The molecule has 3 unspecified atom stereocenters. The zero-order valence-corrected chi connectivity index (χ0v) is 24.8. The summed E-state index contributed by atoms with van der Waals surface area (Å²) in [7, 11) is 0. The predicted octanol–water partition coefficient (Wildman–Crippen LogP) is 6.13. The normalized spacial score (nSPS) is 29.0. The van der Waals surface area contributed by atoms with E-state index in [1.54, 1.807) is 0 Å². The summed E-state index contributed by atoms with van der Waals surface area (Å²) in [6.45, 7) is 9.83. The second-order valence-corrected chi connectivity index (χ2v) is 14.3. The van der Waals surface area contributed by atoms with Crippen molar-refractivity contribution in [1.29, 1.82) is 0 Å². The van der Waals surface area contributed by atoms with Gasteiger partial charge < -0.3 is 10.2 Å². The molecule has 2 saturated carbocycles. The number of piperidine rings is 1. The van der Waals surface area contributed by atoms with Crippen LogP contribution in [0.15, 0.2) is 18.2 Å². The molecule has 1 N–H and O–H groups in total. The van der Waals surface area contributed by atoms with Crippen molar-refractivity contribution < 1.29 is 27.2 Å². The third kappa shape index (κ3) is 6.75. The third-order valence-corrected chi connectivity index (χ3v) is 10.4. The summed E-state index contributed by atoms with van der Waals surface area (Å²) in [6, 6.07) is 3.62. The molecule has 2 aliphatic heterocycles. The van der Waals surface area contributed by atoms with Crippen LogP contribution in [0.4, 0.5) is 17.6 Å². The van der Waals surface area contributed by atoms with Gasteiger partial charge in [-0.3, -0.25) is 14.5 Å². The molecule has 0 radical (unpaired) electrons. The van der Waals surface area contributed by atoms with E-state index in [1.807, 2.05) is 4.90 Å². The number of amides is 2. The average Bonchev–Trinajstić information content (AvgIpc) is 3.30. The molecule has 1 aromatic rings. The number of carbonyl (C=O) groups is 2. The lowest BCUT2D eigenvalue weighted by Gasteiger charge is -2.41. The molecule has 1 aromatic carbocycles. The lowest BCUT2D eigenvalue weighted by atomic mass is 9.72. The molecule has 2 amide bonds. The second kappa shape index (κ2) is 11.2. The molecule has 2 aliphatic carbocycles. The van der Waals surface area contributed by atoms with Gasteiger partial charge in [-0.1, -0.05) is 6.07 Å². The van der Waals surface area contributed by atoms with Gasteiger partial charge in [-0.25, -0.2) is 17.6 Å². The molecule has 4 atom stereocenters. The molecule has 4 aliphatic rings. The largest absolute Gasteiger partial charge is 0.351 e. The van der Waals surface area contributed by atoms with Crippen LogP contribution in [0.2, 0.25) is 0 Å². The molecule has 4 fully saturated rings. The minimum absolute atomic E-state index is 0.00946. The van der Waals surface area contributed by atoms with Crippen LogP contribution in [-0.2, 0) is 9.59 Å². The summed E-state index contributed by atoms with van der Waals surface area (Å²) < 4.78 is 57.2. The number of rotatable bonds is 7. The van der Waals surface area contributed by atoms with Crippen LogP contribution in [0, 0.1) is 35.3 Å². The number of carbonyl (C=O) groups excluding carboxylic acids is 2. The third-order valence-electron chi connectivity index (χ3n) is 10.4. The maximum atomic E-state index is 14.9. The van der Waals surface area contributed by atoms with Crippen molar-refractivity contribution >= 4 is 11.8 Å². The molecule has 228 valence electrons. The van der Waals surface area contributed by atoms with Gasteiger partial charge in [0.05, 0.1) is 5.92 Å². The van der Waals surface area contributed by atoms with Gasteiger partial charge in [-0.05, 0) is 88.7 Å². The van der Waals surface area contributed by atoms with Crippen molar-refractivity contribution in [3.63, 3.8) is 0 Å². The molecule has 2 heterocycles. The van der Waals surface area contributed by atoms with Crippen LogP contribution in [0.5, 0.6) is 0 Å². The first-order valence-electron chi connectivity index (χ1n) is 15.3. The Morgan fingerprint density at radius 2 is 1.71 bits per heavy atom. The molecule has 9 heteroatoms. The molecular formula is C32H45F4N3O2. The first kappa shape index (κ1) is 30.3. The monoisotopic (exact) mass is 579 g/mol. The number of nitrogens with one attached hydrogen (secondary N) is 1. The first-order chi connectivity index (χ1) is 19.2. The SMILES string of the molecule is CC(=O)NC1(CC(C2CCN(C(=O)C3CN(C(C)(C)C)C[C@H]3c3ccc(F)cc3F)CC2)C2CCC(F)(F)C2)CC1. The van der Waals surface area contributed by atoms with Crippen molar-refractivity contribution in [1.82, 2.24) is 15.1 Å². The van der Waals surface area contributed by atoms with E-state index in [0.29, 0.717) is 38.2 Å². The van der Waals surface area contributed by atoms with Crippen LogP contribution in [0.3, 0.4) is 0 Å². The number of nitrogens with zero attached hydrogens (tertiary/aromatic N) is 2. The Balaban J connectivity index is 1.30. The highest BCUT2D eigenvalue weighted by molar-refractivity contribution is 5.81. The maximum absolute atomic E-state index is 14.9. The summed E-state index contributed by atoms with van der Waals surface area (Å²) in [5, 5.41) is 3.10. The summed E-state index contributed by atoms with van der Waals surface area (Å²) in [5.41, 5.74) is -0.102. The minimum Gasteiger partial charge on any atom is -0.351 e. The van der Waals surface area contributed by atoms with Gasteiger partial charge in [-0.2, -0.15) is 0 Å². The summed E-state index contributed by atoms with van der Waals surface area (Å²) in [4.78, 5) is 29.9. The van der Waals surface area contributed by atoms with Gasteiger partial charge in [0.2, 0.25) is 17.7 Å². The quantitative estimate of drug-likeness (QED) is 0.396. The molecule has 5 nitrogen and oxygen atoms in total. The second-order valence-electron chi connectivity index (χ2n) is 14.3. The number of halogens is 4. The molecule has 5 rings (SSSR count). The van der Waals surface area contributed by atoms with E-state index in [4.69, 9.17) is 0 Å². The number of benzene rings is 1. The van der Waals surface area contributed by atoms with Crippen molar-refractivity contribution in [3.05, 3.63) is 35.4 Å². The smallest absolute Gasteiger partial charge is 0.248 e. The Morgan fingerprint density at radius 1 is 1.02 bits per heavy atom. The fourth-order valence-electron chi connectivity index (χ4n) is 7.93. The first-order valence-corrected chi connectivity index (χ1v) is 15.3. The average molecular weight is 580 g/mol. The van der Waals surface area contributed by atoms with Gasteiger partial charge in [0.25, 0.3) is 0 Å². The maximum Gasteiger partial charge on any atom is 0.248 e. The fourth-order valence-corrected chi connectivity index (χ4v) is 7.93. The van der Waals surface area contributed by atoms with Crippen LogP contribution in [0.25, 0.3) is 0 Å². The van der Waals surface area contributed by atoms with E-state index < -0.39 is 23.5 Å². The summed E-state index contributed by atoms with van der Waals surface area (Å²) in [5.74, 6) is -4.57. The number of likely N-dealkylation sites (tertiary alicyclic amines) is 2. The number of hydrogen-bond donors (Lipinski definition) is 1. The van der Waals surface area contributed by atoms with Crippen LogP contribution in [-0.4, -0.2) is 64.8 Å². The Kier molecular flexibility index (Phi) is 8.25. The van der Waals surface area contributed by atoms with Gasteiger partial charge in [0, 0.05) is 69.0 Å². The van der Waals surface area contributed by atoms with Crippen molar-refractivity contribution in [2.45, 2.75) is 102 Å². The molecule has 0 bridgehead atoms. The molecule has 41 heavy (non-hydrogen) atoms. The highest BCUT2D eigenvalue weighted by Gasteiger charge is 2.52. The van der Waals surface area contributed by atoms with Gasteiger partial charge in [0.1, 0.15) is 11.6 Å². The number of alkyl halides is 2. The van der Waals surface area contributed by atoms with Crippen LogP contribution < -0.4 is 5.32 Å². The Morgan fingerprint density at radius 3 is 2.24 bits per heavy atom. The summed E-state index contributed by atoms with van der Waals surface area (Å²) >= 11 is 0. The molecular weight excluding hydrogens is 534 g/mol. The van der Waals surface area contributed by atoms with Crippen molar-refractivity contribution in [2.24, 2.45) is 23.7 Å². The minimum atomic E-state index is -2.63. The zero-order valence-electron chi connectivity index (χ0n) is 24.8. The standard InChI is InChI=1S/C32H45F4N3O2/c1-20(40)37-31(11-12-31)17-25(22-7-10-32(35,36)16-22)21-8-13-38(14-9-21)29(41)27-19-39(30(2,3)4)18-26(27)24-6-5-23(33)15-28(24)34/h5-6,15,21-22,25-27H,7-14,16-19H2,1-4H3,(H,37,40)/t22?,25?,26-,27?/m0/s1. The summed E-state index contributed by atoms with van der Waals surface area (Å²) in [6.07, 6.45) is 4.30. The van der Waals surface area contributed by atoms with Crippen molar-refractivity contribution in [3.8, 4) is 0 Å². The lowest BCUT2D eigenvalue weighted by molar-refractivity contribution is -0.137. The van der Waals surface area contributed by atoms with Gasteiger partial charge in [-0.15, -0.1) is 0 Å². The van der Waals surface area contributed by atoms with E-state index in [9.17, 15) is 27.2 Å². The highest BCUT2D eigenvalue weighted by Crippen LogP contribution is 2.52. The van der Waals surface area contributed by atoms with Crippen LogP contribution in [0.1, 0.15) is 90.5 Å². The topological polar surface area (TPSA) is 52.7 Å².